The highest BCUT2D eigenvalue weighted by molar-refractivity contribution is 6.29. The number of aromatic nitrogens is 1. The second-order valence-electron chi connectivity index (χ2n) is 4.71. The highest BCUT2D eigenvalue weighted by Gasteiger charge is 2.60. The molecule has 1 aromatic heterocycles. The van der Waals surface area contributed by atoms with E-state index in [0.29, 0.717) is 10.6 Å². The molecule has 1 aliphatic carbocycles. The van der Waals surface area contributed by atoms with Gasteiger partial charge in [0.05, 0.1) is 0 Å². The molecule has 3 heteroatoms. The Morgan fingerprint density at radius 1 is 1.50 bits per heavy atom. The van der Waals surface area contributed by atoms with Crippen molar-refractivity contribution in [3.8, 4) is 0 Å². The molecular weight excluding hydrogens is 196 g/mol. The topological polar surface area (TPSA) is 16.1 Å². The fraction of sp³-hybridized carbons (Fsp3) is 0.545. The van der Waals surface area contributed by atoms with Crippen LogP contribution in [0.1, 0.15) is 17.9 Å². The Balaban J connectivity index is 1.77. The van der Waals surface area contributed by atoms with Crippen molar-refractivity contribution in [1.82, 2.24) is 9.88 Å². The summed E-state index contributed by atoms with van der Waals surface area (Å²) in [4.78, 5) is 6.51. The monoisotopic (exact) mass is 208 g/mol. The van der Waals surface area contributed by atoms with Gasteiger partial charge in [0.1, 0.15) is 5.15 Å². The lowest BCUT2D eigenvalue weighted by Crippen LogP contribution is -2.46. The fourth-order valence-corrected chi connectivity index (χ4v) is 2.90. The van der Waals surface area contributed by atoms with Crippen molar-refractivity contribution < 1.29 is 0 Å². The quantitative estimate of drug-likeness (QED) is 0.658. The largest absolute Gasteiger partial charge is 0.305 e. The summed E-state index contributed by atoms with van der Waals surface area (Å²) < 4.78 is 0. The zero-order valence-electron chi connectivity index (χ0n) is 8.20. The normalized spacial score (nSPS) is 28.9. The molecule has 1 atom stereocenters. The molecule has 2 fully saturated rings. The summed E-state index contributed by atoms with van der Waals surface area (Å²) in [6.45, 7) is 2.50. The van der Waals surface area contributed by atoms with Crippen molar-refractivity contribution in [2.45, 2.75) is 12.3 Å². The third-order valence-electron chi connectivity index (χ3n) is 3.51. The molecule has 3 rings (SSSR count). The van der Waals surface area contributed by atoms with E-state index in [0.717, 1.165) is 5.92 Å². The van der Waals surface area contributed by atoms with E-state index in [1.165, 1.54) is 25.1 Å². The van der Waals surface area contributed by atoms with Crippen LogP contribution in [0.15, 0.2) is 18.3 Å². The van der Waals surface area contributed by atoms with Crippen LogP contribution in [0.2, 0.25) is 5.15 Å². The molecule has 2 nitrogen and oxygen atoms in total. The van der Waals surface area contributed by atoms with Gasteiger partial charge >= 0.3 is 0 Å². The Hall–Kier alpha value is -0.600. The summed E-state index contributed by atoms with van der Waals surface area (Å²) >= 11 is 5.76. The second-order valence-corrected chi connectivity index (χ2v) is 5.09. The third kappa shape index (κ3) is 1.17. The molecule has 1 unspecified atom stereocenters. The highest BCUT2D eigenvalue weighted by atomic mass is 35.5. The number of rotatable bonds is 1. The van der Waals surface area contributed by atoms with E-state index in [-0.39, 0.29) is 0 Å². The molecule has 74 valence electrons. The molecule has 2 heterocycles. The number of hydrogen-bond acceptors (Lipinski definition) is 2. The number of halogens is 1. The fourth-order valence-electron chi connectivity index (χ4n) is 2.79. The van der Waals surface area contributed by atoms with Crippen molar-refractivity contribution in [3.63, 3.8) is 0 Å². The Morgan fingerprint density at radius 2 is 2.29 bits per heavy atom. The zero-order valence-corrected chi connectivity index (χ0v) is 8.96. The maximum Gasteiger partial charge on any atom is 0.129 e. The number of hydrogen-bond donors (Lipinski definition) is 0. The summed E-state index contributed by atoms with van der Waals surface area (Å²) in [5, 5.41) is 0.592. The van der Waals surface area contributed by atoms with Gasteiger partial charge in [0, 0.05) is 24.7 Å². The molecule has 14 heavy (non-hydrogen) atoms. The summed E-state index contributed by atoms with van der Waals surface area (Å²) in [5.74, 6) is 0.739. The Labute approximate surface area is 88.9 Å². The minimum atomic E-state index is 0.592. The van der Waals surface area contributed by atoms with Crippen molar-refractivity contribution in [2.75, 3.05) is 20.1 Å². The minimum absolute atomic E-state index is 0.592. The van der Waals surface area contributed by atoms with Crippen molar-refractivity contribution in [1.29, 1.82) is 0 Å². The van der Waals surface area contributed by atoms with Crippen LogP contribution in [0, 0.1) is 5.41 Å². The van der Waals surface area contributed by atoms with E-state index in [1.807, 2.05) is 12.3 Å². The van der Waals surface area contributed by atoms with Crippen molar-refractivity contribution >= 4 is 11.6 Å². The van der Waals surface area contributed by atoms with E-state index in [2.05, 4.69) is 23.0 Å². The summed E-state index contributed by atoms with van der Waals surface area (Å²) in [7, 11) is 2.18. The molecule has 1 saturated carbocycles. The van der Waals surface area contributed by atoms with E-state index >= 15 is 0 Å². The molecule has 0 radical (unpaired) electrons. The lowest BCUT2D eigenvalue weighted by atomic mass is 9.92. The van der Waals surface area contributed by atoms with Gasteiger partial charge in [-0.3, -0.25) is 0 Å². The van der Waals surface area contributed by atoms with Crippen molar-refractivity contribution in [2.24, 2.45) is 5.41 Å². The Morgan fingerprint density at radius 3 is 2.86 bits per heavy atom. The van der Waals surface area contributed by atoms with Crippen LogP contribution in [0.25, 0.3) is 0 Å². The van der Waals surface area contributed by atoms with Gasteiger partial charge in [0.2, 0.25) is 0 Å². The third-order valence-corrected chi connectivity index (χ3v) is 3.74. The average molecular weight is 209 g/mol. The van der Waals surface area contributed by atoms with Gasteiger partial charge in [-0.05, 0) is 31.0 Å². The summed E-state index contributed by atoms with van der Waals surface area (Å²) in [6, 6.07) is 4.01. The zero-order chi connectivity index (χ0) is 9.76. The SMILES string of the molecule is CN1CC2(CC2c2ccc(Cl)nc2)C1. The number of nitrogens with zero attached hydrogens (tertiary/aromatic N) is 2. The number of likely N-dealkylation sites (tertiary alicyclic amines) is 1. The van der Waals surface area contributed by atoms with Gasteiger partial charge in [-0.2, -0.15) is 0 Å². The van der Waals surface area contributed by atoms with E-state index in [4.69, 9.17) is 11.6 Å². The lowest BCUT2D eigenvalue weighted by Gasteiger charge is -2.38. The second kappa shape index (κ2) is 2.71. The van der Waals surface area contributed by atoms with Crippen LogP contribution in [0.3, 0.4) is 0 Å². The molecule has 0 aromatic carbocycles. The van der Waals surface area contributed by atoms with E-state index in [9.17, 15) is 0 Å². The predicted octanol–water partition coefficient (Wildman–Crippen LogP) is 2.15. The standard InChI is InChI=1S/C11H13ClN2/c1-14-6-11(7-14)4-9(11)8-2-3-10(12)13-5-8/h2-3,5,9H,4,6-7H2,1H3. The summed E-state index contributed by atoms with van der Waals surface area (Å²) in [6.07, 6.45) is 3.26. The Bertz CT molecular complexity index is 354. The first-order valence-corrected chi connectivity index (χ1v) is 5.37. The molecule has 0 N–H and O–H groups in total. The van der Waals surface area contributed by atoms with Crippen molar-refractivity contribution in [3.05, 3.63) is 29.0 Å². The van der Waals surface area contributed by atoms with Gasteiger partial charge in [-0.1, -0.05) is 17.7 Å². The summed E-state index contributed by atoms with van der Waals surface area (Å²) in [5.41, 5.74) is 1.96. The lowest BCUT2D eigenvalue weighted by molar-refractivity contribution is 0.108. The minimum Gasteiger partial charge on any atom is -0.305 e. The van der Waals surface area contributed by atoms with Gasteiger partial charge < -0.3 is 4.90 Å². The predicted molar refractivity (Wildman–Crippen MR) is 56.5 cm³/mol. The first-order valence-electron chi connectivity index (χ1n) is 5.00. The average Bonchev–Trinajstić information content (AvgIpc) is 2.81. The van der Waals surface area contributed by atoms with Gasteiger partial charge in [-0.25, -0.2) is 4.98 Å². The molecule has 0 amide bonds. The van der Waals surface area contributed by atoms with Crippen LogP contribution in [-0.4, -0.2) is 30.0 Å². The molecule has 1 saturated heterocycles. The molecule has 1 aliphatic heterocycles. The Kier molecular flexibility index (Phi) is 1.68. The van der Waals surface area contributed by atoms with Crippen LogP contribution in [0.4, 0.5) is 0 Å². The molecular formula is C11H13ClN2. The molecule has 0 bridgehead atoms. The van der Waals surface area contributed by atoms with Crippen LogP contribution >= 0.6 is 11.6 Å². The van der Waals surface area contributed by atoms with Crippen LogP contribution in [0.5, 0.6) is 0 Å². The van der Waals surface area contributed by atoms with E-state index in [1.54, 1.807) is 0 Å². The molecule has 1 aromatic rings. The van der Waals surface area contributed by atoms with Crippen LogP contribution < -0.4 is 0 Å². The molecule has 2 aliphatic rings. The van der Waals surface area contributed by atoms with Gasteiger partial charge in [-0.15, -0.1) is 0 Å². The first-order chi connectivity index (χ1) is 6.70. The van der Waals surface area contributed by atoms with E-state index < -0.39 is 0 Å². The molecule has 1 spiro atoms. The smallest absolute Gasteiger partial charge is 0.129 e. The first kappa shape index (κ1) is 8.69. The van der Waals surface area contributed by atoms with Crippen LogP contribution in [-0.2, 0) is 0 Å². The maximum atomic E-state index is 5.76. The number of pyridine rings is 1. The maximum absolute atomic E-state index is 5.76. The highest BCUT2D eigenvalue weighted by Crippen LogP contribution is 2.63. The van der Waals surface area contributed by atoms with Gasteiger partial charge in [0.25, 0.3) is 0 Å². The van der Waals surface area contributed by atoms with Gasteiger partial charge in [0.15, 0.2) is 0 Å².